The zero-order valence-corrected chi connectivity index (χ0v) is 11.2. The van der Waals surface area contributed by atoms with E-state index in [0.717, 1.165) is 0 Å². The molecule has 0 saturated carbocycles. The van der Waals surface area contributed by atoms with Crippen LogP contribution in [0.2, 0.25) is 0 Å². The monoisotopic (exact) mass is 278 g/mol. The highest BCUT2D eigenvalue weighted by Crippen LogP contribution is 2.32. The number of halogens is 3. The highest BCUT2D eigenvalue weighted by atomic mass is 35.5. The second-order valence-corrected chi connectivity index (χ2v) is 4.25. The van der Waals surface area contributed by atoms with Crippen molar-refractivity contribution in [1.29, 1.82) is 0 Å². The van der Waals surface area contributed by atoms with Gasteiger partial charge in [-0.05, 0) is 14.0 Å². The maximum Gasteiger partial charge on any atom is 0.266 e. The SMILES string of the molecule is CC=NC(=NC[C@H]1N(C)CCC1(F)F)N/C=C/Cl. The van der Waals surface area contributed by atoms with Crippen LogP contribution < -0.4 is 5.32 Å². The van der Waals surface area contributed by atoms with Crippen molar-refractivity contribution in [1.82, 2.24) is 10.2 Å². The molecule has 1 aliphatic heterocycles. The van der Waals surface area contributed by atoms with Crippen LogP contribution in [0.3, 0.4) is 0 Å². The van der Waals surface area contributed by atoms with Crippen LogP contribution in [0.1, 0.15) is 13.3 Å². The first-order valence-electron chi connectivity index (χ1n) is 5.64. The molecule has 0 radical (unpaired) electrons. The summed E-state index contributed by atoms with van der Waals surface area (Å²) in [4.78, 5) is 9.61. The van der Waals surface area contributed by atoms with Crippen molar-refractivity contribution < 1.29 is 8.78 Å². The molecule has 1 saturated heterocycles. The Morgan fingerprint density at radius 1 is 1.61 bits per heavy atom. The number of hydrogen-bond donors (Lipinski definition) is 1. The van der Waals surface area contributed by atoms with Crippen molar-refractivity contribution in [2.24, 2.45) is 9.98 Å². The van der Waals surface area contributed by atoms with Gasteiger partial charge in [0.15, 0.2) is 0 Å². The summed E-state index contributed by atoms with van der Waals surface area (Å²) in [5.41, 5.74) is 1.26. The molecule has 1 N–H and O–H groups in total. The normalized spacial score (nSPS) is 25.4. The number of hydrogen-bond acceptors (Lipinski definition) is 2. The predicted molar refractivity (Wildman–Crippen MR) is 70.6 cm³/mol. The number of likely N-dealkylation sites (N-methyl/N-ethyl adjacent to an activating group) is 1. The standard InChI is InChI=1S/C11H17ClF2N4/c1-3-15-10(16-6-5-12)17-8-9-11(13,14)4-7-18(9)2/h3,5-6,9H,4,7-8H2,1-2H3,(H,16,17)/b6-5+,15-3?/t9-/m1/s1. The molecule has 0 unspecified atom stereocenters. The molecule has 1 rings (SSSR count). The number of aliphatic imine (C=N–C) groups is 2. The molecule has 1 aliphatic rings. The summed E-state index contributed by atoms with van der Waals surface area (Å²) in [6.07, 6.45) is 2.85. The van der Waals surface area contributed by atoms with Crippen LogP contribution in [0, 0.1) is 0 Å². The van der Waals surface area contributed by atoms with Gasteiger partial charge in [0.2, 0.25) is 5.96 Å². The van der Waals surface area contributed by atoms with E-state index < -0.39 is 12.0 Å². The molecule has 1 atom stereocenters. The Balaban J connectivity index is 2.69. The first-order valence-corrected chi connectivity index (χ1v) is 6.08. The lowest BCUT2D eigenvalue weighted by atomic mass is 10.1. The van der Waals surface area contributed by atoms with Crippen molar-refractivity contribution in [3.05, 3.63) is 11.7 Å². The Morgan fingerprint density at radius 3 is 2.83 bits per heavy atom. The van der Waals surface area contributed by atoms with E-state index in [0.29, 0.717) is 6.54 Å². The highest BCUT2D eigenvalue weighted by molar-refractivity contribution is 6.25. The fourth-order valence-electron chi connectivity index (χ4n) is 1.77. The molecule has 0 aromatic heterocycles. The summed E-state index contributed by atoms with van der Waals surface area (Å²) < 4.78 is 27.1. The second kappa shape index (κ2) is 6.80. The highest BCUT2D eigenvalue weighted by Gasteiger charge is 2.47. The van der Waals surface area contributed by atoms with Crippen molar-refractivity contribution in [3.63, 3.8) is 0 Å². The van der Waals surface area contributed by atoms with Gasteiger partial charge in [-0.2, -0.15) is 0 Å². The second-order valence-electron chi connectivity index (χ2n) is 4.00. The molecule has 4 nitrogen and oxygen atoms in total. The van der Waals surface area contributed by atoms with Gasteiger partial charge in [0.05, 0.1) is 12.6 Å². The summed E-state index contributed by atoms with van der Waals surface area (Å²) in [5, 5.41) is 2.71. The van der Waals surface area contributed by atoms with Crippen LogP contribution in [-0.4, -0.2) is 49.2 Å². The molecule has 0 amide bonds. The van der Waals surface area contributed by atoms with Gasteiger partial charge < -0.3 is 5.32 Å². The number of nitrogens with zero attached hydrogens (tertiary/aromatic N) is 3. The van der Waals surface area contributed by atoms with Crippen LogP contribution >= 0.6 is 11.6 Å². The molecule has 0 bridgehead atoms. The van der Waals surface area contributed by atoms with E-state index in [9.17, 15) is 8.78 Å². The van der Waals surface area contributed by atoms with E-state index in [2.05, 4.69) is 15.3 Å². The number of likely N-dealkylation sites (tertiary alicyclic amines) is 1. The minimum atomic E-state index is -2.69. The molecule has 0 spiro atoms. The zero-order valence-electron chi connectivity index (χ0n) is 10.4. The molecular formula is C11H17ClF2N4. The fraction of sp³-hybridized carbons (Fsp3) is 0.636. The number of alkyl halides is 2. The van der Waals surface area contributed by atoms with Crippen LogP contribution in [-0.2, 0) is 0 Å². The Bertz CT molecular complexity index is 355. The topological polar surface area (TPSA) is 40.0 Å². The molecule has 7 heteroatoms. The van der Waals surface area contributed by atoms with E-state index in [4.69, 9.17) is 11.6 Å². The largest absolute Gasteiger partial charge is 0.330 e. The molecule has 0 aromatic carbocycles. The minimum absolute atomic E-state index is 0.000695. The molecule has 0 aliphatic carbocycles. The Morgan fingerprint density at radius 2 is 2.33 bits per heavy atom. The quantitative estimate of drug-likeness (QED) is 0.634. The van der Waals surface area contributed by atoms with Crippen LogP contribution in [0.5, 0.6) is 0 Å². The first kappa shape index (κ1) is 15.0. The van der Waals surface area contributed by atoms with Crippen LogP contribution in [0.15, 0.2) is 21.7 Å². The van der Waals surface area contributed by atoms with Gasteiger partial charge in [-0.15, -0.1) is 0 Å². The Kier molecular flexibility index (Phi) is 5.68. The maximum absolute atomic E-state index is 13.5. The summed E-state index contributed by atoms with van der Waals surface area (Å²) >= 11 is 5.36. The van der Waals surface area contributed by atoms with Gasteiger partial charge in [-0.25, -0.2) is 18.8 Å². The van der Waals surface area contributed by atoms with Crippen molar-refractivity contribution in [2.45, 2.75) is 25.3 Å². The number of guanidine groups is 1. The van der Waals surface area contributed by atoms with E-state index in [1.165, 1.54) is 17.9 Å². The van der Waals surface area contributed by atoms with Crippen LogP contribution in [0.25, 0.3) is 0 Å². The van der Waals surface area contributed by atoms with Crippen molar-refractivity contribution in [2.75, 3.05) is 20.1 Å². The molecule has 1 fully saturated rings. The van der Waals surface area contributed by atoms with Gasteiger partial charge in [-0.1, -0.05) is 11.6 Å². The number of rotatable bonds is 3. The van der Waals surface area contributed by atoms with Gasteiger partial charge in [-0.3, -0.25) is 4.90 Å². The van der Waals surface area contributed by atoms with Crippen molar-refractivity contribution in [3.8, 4) is 0 Å². The average molecular weight is 279 g/mol. The fourth-order valence-corrected chi connectivity index (χ4v) is 1.83. The van der Waals surface area contributed by atoms with Gasteiger partial charge in [0, 0.05) is 30.9 Å². The van der Waals surface area contributed by atoms with Gasteiger partial charge >= 0.3 is 0 Å². The lowest BCUT2D eigenvalue weighted by Gasteiger charge is -2.22. The predicted octanol–water partition coefficient (Wildman–Crippen LogP) is 2.07. The summed E-state index contributed by atoms with van der Waals surface area (Å²) in [6.45, 7) is 2.10. The summed E-state index contributed by atoms with van der Waals surface area (Å²) in [5.74, 6) is -2.42. The minimum Gasteiger partial charge on any atom is -0.330 e. The Hall–Kier alpha value is -1.01. The number of nitrogens with one attached hydrogen (secondary N) is 1. The summed E-state index contributed by atoms with van der Waals surface area (Å²) in [6, 6.07) is -0.874. The van der Waals surface area contributed by atoms with E-state index in [-0.39, 0.29) is 18.9 Å². The molecule has 102 valence electrons. The first-order chi connectivity index (χ1) is 8.51. The third-order valence-corrected chi connectivity index (χ3v) is 2.88. The lowest BCUT2D eigenvalue weighted by molar-refractivity contribution is -0.0251. The van der Waals surface area contributed by atoms with Crippen LogP contribution in [0.4, 0.5) is 8.78 Å². The molecule has 1 heterocycles. The maximum atomic E-state index is 13.5. The van der Waals surface area contributed by atoms with E-state index in [1.54, 1.807) is 18.9 Å². The van der Waals surface area contributed by atoms with Gasteiger partial charge in [0.1, 0.15) is 0 Å². The van der Waals surface area contributed by atoms with Crippen molar-refractivity contribution >= 4 is 23.8 Å². The molecule has 0 aromatic rings. The van der Waals surface area contributed by atoms with E-state index >= 15 is 0 Å². The molecule has 18 heavy (non-hydrogen) atoms. The zero-order chi connectivity index (χ0) is 13.6. The van der Waals surface area contributed by atoms with E-state index in [1.807, 2.05) is 0 Å². The average Bonchev–Trinajstić information content (AvgIpc) is 2.58. The third-order valence-electron chi connectivity index (χ3n) is 2.76. The smallest absolute Gasteiger partial charge is 0.266 e. The summed E-state index contributed by atoms with van der Waals surface area (Å²) in [7, 11) is 1.68. The van der Waals surface area contributed by atoms with Gasteiger partial charge in [0.25, 0.3) is 5.92 Å². The lowest BCUT2D eigenvalue weighted by Crippen LogP contribution is -2.39. The Labute approximate surface area is 110 Å². The molecular weight excluding hydrogens is 262 g/mol. The third kappa shape index (κ3) is 4.03.